The smallest absolute Gasteiger partial charge is 0.0483 e. The molecule has 2 heteroatoms. The molecular formula is C12H16N2. The average molecular weight is 188 g/mol. The first kappa shape index (κ1) is 9.28. The minimum absolute atomic E-state index is 0.106. The number of benzene rings is 1. The highest BCUT2D eigenvalue weighted by atomic mass is 14.9. The molecule has 2 rings (SSSR count). The van der Waals surface area contributed by atoms with Crippen molar-refractivity contribution in [2.75, 3.05) is 0 Å². The molecule has 0 saturated carbocycles. The third-order valence-electron chi connectivity index (χ3n) is 2.74. The number of hydrogen-bond acceptors (Lipinski definition) is 1. The number of rotatable bonds is 1. The first-order valence-corrected chi connectivity index (χ1v) is 4.91. The highest BCUT2D eigenvalue weighted by Gasteiger charge is 2.05. The highest BCUT2D eigenvalue weighted by molar-refractivity contribution is 5.84. The quantitative estimate of drug-likeness (QED) is 0.732. The molecule has 2 N–H and O–H groups in total. The lowest BCUT2D eigenvalue weighted by atomic mass is 10.1. The molecule has 0 aliphatic rings. The number of aromatic nitrogens is 1. The third-order valence-corrected chi connectivity index (χ3v) is 2.74. The van der Waals surface area contributed by atoms with E-state index in [1.54, 1.807) is 0 Å². The van der Waals surface area contributed by atoms with E-state index in [9.17, 15) is 0 Å². The molecule has 0 aliphatic carbocycles. The van der Waals surface area contributed by atoms with Crippen molar-refractivity contribution in [3.63, 3.8) is 0 Å². The Hall–Kier alpha value is -1.28. The summed E-state index contributed by atoms with van der Waals surface area (Å²) in [5.41, 5.74) is 9.63. The van der Waals surface area contributed by atoms with E-state index in [0.29, 0.717) is 0 Å². The fourth-order valence-electron chi connectivity index (χ4n) is 1.89. The standard InChI is InChI=1S/C12H16N2/c1-8-7-14(3)12-6-10(9(2)13)4-5-11(8)12/h4-7,9H,13H2,1-3H3. The zero-order valence-electron chi connectivity index (χ0n) is 8.91. The van der Waals surface area contributed by atoms with E-state index in [1.807, 2.05) is 6.92 Å². The molecule has 74 valence electrons. The molecule has 0 aliphatic heterocycles. The van der Waals surface area contributed by atoms with Crippen molar-refractivity contribution < 1.29 is 0 Å². The van der Waals surface area contributed by atoms with Crippen molar-refractivity contribution in [1.29, 1.82) is 0 Å². The van der Waals surface area contributed by atoms with Gasteiger partial charge in [0.25, 0.3) is 0 Å². The Kier molecular flexibility index (Phi) is 2.08. The lowest BCUT2D eigenvalue weighted by molar-refractivity contribution is 0.818. The zero-order valence-corrected chi connectivity index (χ0v) is 8.91. The second-order valence-corrected chi connectivity index (χ2v) is 3.99. The Morgan fingerprint density at radius 3 is 2.71 bits per heavy atom. The molecule has 2 aromatic rings. The van der Waals surface area contributed by atoms with Gasteiger partial charge in [-0.15, -0.1) is 0 Å². The summed E-state index contributed by atoms with van der Waals surface area (Å²) in [4.78, 5) is 0. The molecule has 1 aromatic carbocycles. The maximum atomic E-state index is 5.85. The first-order chi connectivity index (χ1) is 6.59. The summed E-state index contributed by atoms with van der Waals surface area (Å²) in [5, 5.41) is 1.32. The largest absolute Gasteiger partial charge is 0.350 e. The Bertz CT molecular complexity index is 466. The molecule has 0 fully saturated rings. The SMILES string of the molecule is Cc1cn(C)c2cc(C(C)N)ccc12. The summed E-state index contributed by atoms with van der Waals surface area (Å²) in [6.07, 6.45) is 2.15. The number of aryl methyl sites for hydroxylation is 2. The summed E-state index contributed by atoms with van der Waals surface area (Å²) in [6, 6.07) is 6.55. The van der Waals surface area contributed by atoms with Gasteiger partial charge in [0.1, 0.15) is 0 Å². The topological polar surface area (TPSA) is 30.9 Å². The fourth-order valence-corrected chi connectivity index (χ4v) is 1.89. The third kappa shape index (κ3) is 1.32. The fraction of sp³-hybridized carbons (Fsp3) is 0.333. The second kappa shape index (κ2) is 3.14. The summed E-state index contributed by atoms with van der Waals surface area (Å²) in [5.74, 6) is 0. The van der Waals surface area contributed by atoms with Crippen molar-refractivity contribution in [3.05, 3.63) is 35.5 Å². The molecule has 0 saturated heterocycles. The van der Waals surface area contributed by atoms with E-state index in [4.69, 9.17) is 5.73 Å². The minimum Gasteiger partial charge on any atom is -0.350 e. The molecule has 2 nitrogen and oxygen atoms in total. The first-order valence-electron chi connectivity index (χ1n) is 4.91. The van der Waals surface area contributed by atoms with E-state index < -0.39 is 0 Å². The van der Waals surface area contributed by atoms with Gasteiger partial charge in [0.15, 0.2) is 0 Å². The zero-order chi connectivity index (χ0) is 10.3. The summed E-state index contributed by atoms with van der Waals surface area (Å²) >= 11 is 0. The van der Waals surface area contributed by atoms with Gasteiger partial charge in [0, 0.05) is 30.2 Å². The Morgan fingerprint density at radius 2 is 2.07 bits per heavy atom. The summed E-state index contributed by atoms with van der Waals surface area (Å²) in [7, 11) is 2.07. The van der Waals surface area contributed by atoms with E-state index in [-0.39, 0.29) is 6.04 Å². The van der Waals surface area contributed by atoms with E-state index >= 15 is 0 Å². The normalized spacial score (nSPS) is 13.4. The molecule has 1 unspecified atom stereocenters. The number of fused-ring (bicyclic) bond motifs is 1. The predicted octanol–water partition coefficient (Wildman–Crippen LogP) is 2.51. The van der Waals surface area contributed by atoms with Crippen LogP contribution in [0.25, 0.3) is 10.9 Å². The van der Waals surface area contributed by atoms with Gasteiger partial charge in [-0.2, -0.15) is 0 Å². The van der Waals surface area contributed by atoms with Crippen LogP contribution in [-0.2, 0) is 7.05 Å². The van der Waals surface area contributed by atoms with Crippen LogP contribution in [0.2, 0.25) is 0 Å². The van der Waals surface area contributed by atoms with Crippen LogP contribution in [-0.4, -0.2) is 4.57 Å². The molecule has 0 bridgehead atoms. The van der Waals surface area contributed by atoms with E-state index in [1.165, 1.54) is 22.0 Å². The summed E-state index contributed by atoms with van der Waals surface area (Å²) < 4.78 is 2.15. The molecule has 14 heavy (non-hydrogen) atoms. The maximum absolute atomic E-state index is 5.85. The van der Waals surface area contributed by atoms with Gasteiger partial charge < -0.3 is 10.3 Å². The molecular weight excluding hydrogens is 172 g/mol. The lowest BCUT2D eigenvalue weighted by Gasteiger charge is -2.06. The van der Waals surface area contributed by atoms with Gasteiger partial charge in [0.05, 0.1) is 0 Å². The maximum Gasteiger partial charge on any atom is 0.0483 e. The van der Waals surface area contributed by atoms with Crippen LogP contribution >= 0.6 is 0 Å². The van der Waals surface area contributed by atoms with Crippen molar-refractivity contribution >= 4 is 10.9 Å². The van der Waals surface area contributed by atoms with Crippen molar-refractivity contribution in [2.45, 2.75) is 19.9 Å². The van der Waals surface area contributed by atoms with Crippen LogP contribution in [0.4, 0.5) is 0 Å². The van der Waals surface area contributed by atoms with Gasteiger partial charge in [-0.25, -0.2) is 0 Å². The van der Waals surface area contributed by atoms with Crippen molar-refractivity contribution in [2.24, 2.45) is 12.8 Å². The van der Waals surface area contributed by atoms with Crippen LogP contribution < -0.4 is 5.73 Å². The van der Waals surface area contributed by atoms with Gasteiger partial charge in [-0.05, 0) is 31.0 Å². The monoisotopic (exact) mass is 188 g/mol. The van der Waals surface area contributed by atoms with Gasteiger partial charge in [0.2, 0.25) is 0 Å². The van der Waals surface area contributed by atoms with Crippen molar-refractivity contribution in [1.82, 2.24) is 4.57 Å². The average Bonchev–Trinajstić information content (AvgIpc) is 2.42. The Labute approximate surface area is 84.3 Å². The lowest BCUT2D eigenvalue weighted by Crippen LogP contribution is -2.04. The van der Waals surface area contributed by atoms with Crippen LogP contribution in [0.1, 0.15) is 24.1 Å². The van der Waals surface area contributed by atoms with Crippen molar-refractivity contribution in [3.8, 4) is 0 Å². The van der Waals surface area contributed by atoms with E-state index in [0.717, 1.165) is 0 Å². The molecule has 1 heterocycles. The molecule has 0 spiro atoms. The van der Waals surface area contributed by atoms with E-state index in [2.05, 4.69) is 42.9 Å². The molecule has 0 radical (unpaired) electrons. The van der Waals surface area contributed by atoms with Gasteiger partial charge >= 0.3 is 0 Å². The van der Waals surface area contributed by atoms with Crippen LogP contribution in [0, 0.1) is 6.92 Å². The number of nitrogens with zero attached hydrogens (tertiary/aromatic N) is 1. The molecule has 0 amide bonds. The predicted molar refractivity (Wildman–Crippen MR) is 60.3 cm³/mol. The van der Waals surface area contributed by atoms with Gasteiger partial charge in [-0.1, -0.05) is 12.1 Å². The Morgan fingerprint density at radius 1 is 1.36 bits per heavy atom. The van der Waals surface area contributed by atoms with Crippen LogP contribution in [0.5, 0.6) is 0 Å². The second-order valence-electron chi connectivity index (χ2n) is 3.99. The van der Waals surface area contributed by atoms with Gasteiger partial charge in [-0.3, -0.25) is 0 Å². The van der Waals surface area contributed by atoms with Crippen LogP contribution in [0.15, 0.2) is 24.4 Å². The highest BCUT2D eigenvalue weighted by Crippen LogP contribution is 2.23. The number of hydrogen-bond donors (Lipinski definition) is 1. The number of nitrogens with two attached hydrogens (primary N) is 1. The molecule has 1 atom stereocenters. The Balaban J connectivity index is 2.71. The molecule has 1 aromatic heterocycles. The summed E-state index contributed by atoms with van der Waals surface area (Å²) in [6.45, 7) is 4.14. The minimum atomic E-state index is 0.106. The van der Waals surface area contributed by atoms with Crippen LogP contribution in [0.3, 0.4) is 0 Å².